The maximum atomic E-state index is 12.2. The number of hydrogen-bond donors (Lipinski definition) is 0. The molecular weight excluding hydrogens is 310 g/mol. The molecule has 24 heavy (non-hydrogen) atoms. The van der Waals surface area contributed by atoms with Gasteiger partial charge in [-0.05, 0) is 32.4 Å². The number of methoxy groups -OCH3 is 1. The summed E-state index contributed by atoms with van der Waals surface area (Å²) in [6.45, 7) is 6.83. The van der Waals surface area contributed by atoms with Crippen LogP contribution in [0.3, 0.4) is 0 Å². The Balaban J connectivity index is 2.12. The third-order valence-electron chi connectivity index (χ3n) is 3.93. The van der Waals surface area contributed by atoms with E-state index >= 15 is 0 Å². The smallest absolute Gasteiger partial charge is 0.416 e. The summed E-state index contributed by atoms with van der Waals surface area (Å²) in [5.41, 5.74) is 2.54. The number of fused-ring (bicyclic) bond motifs is 3. The van der Waals surface area contributed by atoms with Crippen molar-refractivity contribution in [1.29, 1.82) is 0 Å². The molecule has 0 atom stereocenters. The van der Waals surface area contributed by atoms with Gasteiger partial charge in [-0.2, -0.15) is 4.98 Å². The van der Waals surface area contributed by atoms with Crippen LogP contribution in [0.15, 0.2) is 22.9 Å². The Morgan fingerprint density at radius 3 is 2.67 bits per heavy atom. The Bertz CT molecular complexity index is 900. The molecule has 0 saturated carbocycles. The number of furan rings is 1. The first-order valence-electron chi connectivity index (χ1n) is 7.77. The molecule has 1 amide bonds. The molecule has 0 fully saturated rings. The number of carbonyl (C=O) groups excluding carboxylic acids is 1. The number of amides is 1. The van der Waals surface area contributed by atoms with E-state index in [0.29, 0.717) is 35.5 Å². The fourth-order valence-electron chi connectivity index (χ4n) is 2.66. The second-order valence-electron chi connectivity index (χ2n) is 5.32. The van der Waals surface area contributed by atoms with E-state index in [-0.39, 0.29) is 5.88 Å². The van der Waals surface area contributed by atoms with Gasteiger partial charge in [0.25, 0.3) is 5.88 Å². The predicted octanol–water partition coefficient (Wildman–Crippen LogP) is 3.53. The molecule has 7 heteroatoms. The SMILES string of the molecule is CCN(CC)C(=O)Oc1ncnc2c1oc1cc(OC)cc(C)c12. The molecule has 2 heterocycles. The summed E-state index contributed by atoms with van der Waals surface area (Å²) in [4.78, 5) is 22.1. The molecule has 0 saturated heterocycles. The van der Waals surface area contributed by atoms with Gasteiger partial charge in [0.05, 0.1) is 12.5 Å². The average molecular weight is 329 g/mol. The van der Waals surface area contributed by atoms with Crippen molar-refractivity contribution >= 4 is 28.2 Å². The first kappa shape index (κ1) is 16.0. The number of benzene rings is 1. The lowest BCUT2D eigenvalue weighted by Crippen LogP contribution is -2.33. The van der Waals surface area contributed by atoms with Gasteiger partial charge >= 0.3 is 6.09 Å². The zero-order valence-corrected chi connectivity index (χ0v) is 14.1. The number of carbonyl (C=O) groups is 1. The summed E-state index contributed by atoms with van der Waals surface area (Å²) in [6, 6.07) is 3.68. The minimum absolute atomic E-state index is 0.117. The van der Waals surface area contributed by atoms with Gasteiger partial charge in [0.1, 0.15) is 23.2 Å². The predicted molar refractivity (Wildman–Crippen MR) is 89.5 cm³/mol. The molecular formula is C17H19N3O4. The molecule has 0 radical (unpaired) electrons. The van der Waals surface area contributed by atoms with Crippen molar-refractivity contribution in [3.8, 4) is 11.6 Å². The first-order valence-corrected chi connectivity index (χ1v) is 7.77. The van der Waals surface area contributed by atoms with Crippen LogP contribution < -0.4 is 9.47 Å². The average Bonchev–Trinajstić information content (AvgIpc) is 2.96. The highest BCUT2D eigenvalue weighted by molar-refractivity contribution is 6.06. The Labute approximate surface area is 139 Å². The molecule has 0 aliphatic carbocycles. The zero-order chi connectivity index (χ0) is 17.3. The maximum Gasteiger partial charge on any atom is 0.416 e. The minimum Gasteiger partial charge on any atom is -0.497 e. The van der Waals surface area contributed by atoms with E-state index in [4.69, 9.17) is 13.9 Å². The number of ether oxygens (including phenoxy) is 2. The molecule has 3 rings (SSSR count). The third-order valence-corrected chi connectivity index (χ3v) is 3.93. The molecule has 2 aromatic heterocycles. The molecule has 126 valence electrons. The van der Waals surface area contributed by atoms with Crippen molar-refractivity contribution in [3.05, 3.63) is 24.0 Å². The van der Waals surface area contributed by atoms with Crippen LogP contribution in [0.5, 0.6) is 11.6 Å². The summed E-state index contributed by atoms with van der Waals surface area (Å²) in [5.74, 6) is 0.806. The van der Waals surface area contributed by atoms with Gasteiger partial charge in [-0.25, -0.2) is 9.78 Å². The second-order valence-corrected chi connectivity index (χ2v) is 5.32. The van der Waals surface area contributed by atoms with Crippen LogP contribution in [-0.4, -0.2) is 41.2 Å². The van der Waals surface area contributed by atoms with Gasteiger partial charge in [0.2, 0.25) is 5.58 Å². The van der Waals surface area contributed by atoms with E-state index in [1.807, 2.05) is 26.8 Å². The van der Waals surface area contributed by atoms with Gasteiger partial charge in [-0.1, -0.05) is 0 Å². The molecule has 3 aromatic rings. The zero-order valence-electron chi connectivity index (χ0n) is 14.1. The van der Waals surface area contributed by atoms with Crippen LogP contribution in [0, 0.1) is 6.92 Å². The van der Waals surface area contributed by atoms with E-state index < -0.39 is 6.09 Å². The van der Waals surface area contributed by atoms with Gasteiger partial charge in [-0.15, -0.1) is 0 Å². The molecule has 0 aliphatic heterocycles. The van der Waals surface area contributed by atoms with Crippen LogP contribution in [0.4, 0.5) is 4.79 Å². The second kappa shape index (κ2) is 6.35. The lowest BCUT2D eigenvalue weighted by molar-refractivity contribution is 0.155. The van der Waals surface area contributed by atoms with E-state index in [2.05, 4.69) is 9.97 Å². The summed E-state index contributed by atoms with van der Waals surface area (Å²) < 4.78 is 16.5. The molecule has 0 aliphatic rings. The lowest BCUT2D eigenvalue weighted by Gasteiger charge is -2.17. The van der Waals surface area contributed by atoms with Crippen molar-refractivity contribution in [2.75, 3.05) is 20.2 Å². The summed E-state index contributed by atoms with van der Waals surface area (Å²) in [6.07, 6.45) is 0.904. The molecule has 1 aromatic carbocycles. The monoisotopic (exact) mass is 329 g/mol. The van der Waals surface area contributed by atoms with Crippen LogP contribution in [0.25, 0.3) is 22.1 Å². The van der Waals surface area contributed by atoms with Crippen molar-refractivity contribution in [3.63, 3.8) is 0 Å². The van der Waals surface area contributed by atoms with E-state index in [0.717, 1.165) is 10.9 Å². The number of hydrogen-bond acceptors (Lipinski definition) is 6. The van der Waals surface area contributed by atoms with Crippen molar-refractivity contribution in [2.45, 2.75) is 20.8 Å². The molecule has 0 unspecified atom stereocenters. The highest BCUT2D eigenvalue weighted by atomic mass is 16.6. The van der Waals surface area contributed by atoms with E-state index in [1.54, 1.807) is 18.1 Å². The highest BCUT2D eigenvalue weighted by Crippen LogP contribution is 2.36. The van der Waals surface area contributed by atoms with E-state index in [9.17, 15) is 4.79 Å². The van der Waals surface area contributed by atoms with Crippen LogP contribution in [-0.2, 0) is 0 Å². The highest BCUT2D eigenvalue weighted by Gasteiger charge is 2.20. The van der Waals surface area contributed by atoms with Gasteiger partial charge in [0.15, 0.2) is 0 Å². The molecule has 7 nitrogen and oxygen atoms in total. The van der Waals surface area contributed by atoms with Crippen LogP contribution in [0.1, 0.15) is 19.4 Å². The Morgan fingerprint density at radius 1 is 1.25 bits per heavy atom. The Morgan fingerprint density at radius 2 is 2.00 bits per heavy atom. The molecule has 0 N–H and O–H groups in total. The third kappa shape index (κ3) is 2.62. The normalized spacial score (nSPS) is 11.0. The van der Waals surface area contributed by atoms with Crippen LogP contribution >= 0.6 is 0 Å². The standard InChI is InChI=1S/C17H19N3O4/c1-5-20(6-2)17(21)24-16-15-14(18-9-19-16)13-10(3)7-11(22-4)8-12(13)23-15/h7-9H,5-6H2,1-4H3. The number of nitrogens with zero attached hydrogens (tertiary/aromatic N) is 3. The quantitative estimate of drug-likeness (QED) is 0.728. The number of aryl methyl sites for hydroxylation is 1. The van der Waals surface area contributed by atoms with Gasteiger partial charge in [0, 0.05) is 19.2 Å². The van der Waals surface area contributed by atoms with Crippen molar-refractivity contribution in [1.82, 2.24) is 14.9 Å². The maximum absolute atomic E-state index is 12.2. The summed E-state index contributed by atoms with van der Waals surface area (Å²) in [7, 11) is 1.60. The Hall–Kier alpha value is -2.83. The van der Waals surface area contributed by atoms with E-state index in [1.165, 1.54) is 6.33 Å². The van der Waals surface area contributed by atoms with Crippen molar-refractivity contribution < 1.29 is 18.7 Å². The minimum atomic E-state index is -0.463. The molecule has 0 spiro atoms. The first-order chi connectivity index (χ1) is 11.6. The summed E-state index contributed by atoms with van der Waals surface area (Å²) in [5, 5.41) is 0.855. The molecule has 0 bridgehead atoms. The number of rotatable bonds is 4. The lowest BCUT2D eigenvalue weighted by atomic mass is 10.1. The van der Waals surface area contributed by atoms with Crippen molar-refractivity contribution in [2.24, 2.45) is 0 Å². The number of aromatic nitrogens is 2. The topological polar surface area (TPSA) is 77.7 Å². The van der Waals surface area contributed by atoms with Crippen LogP contribution in [0.2, 0.25) is 0 Å². The fourth-order valence-corrected chi connectivity index (χ4v) is 2.66. The largest absolute Gasteiger partial charge is 0.497 e. The van der Waals surface area contributed by atoms with Gasteiger partial charge < -0.3 is 18.8 Å². The summed E-state index contributed by atoms with van der Waals surface area (Å²) >= 11 is 0. The fraction of sp³-hybridized carbons (Fsp3) is 0.353. The Kier molecular flexibility index (Phi) is 4.24. The van der Waals surface area contributed by atoms with Gasteiger partial charge in [-0.3, -0.25) is 0 Å².